The lowest BCUT2D eigenvalue weighted by molar-refractivity contribution is 0.0490. The molecule has 1 heterocycles. The number of nitrogens with zero attached hydrogens (tertiary/aromatic N) is 3. The number of hydrogen-bond donors (Lipinski definition) is 3. The minimum atomic E-state index is -0.475. The number of rotatable bonds is 7. The lowest BCUT2D eigenvalue weighted by Crippen LogP contribution is -2.48. The van der Waals surface area contributed by atoms with Gasteiger partial charge in [0.1, 0.15) is 5.60 Å². The van der Waals surface area contributed by atoms with E-state index in [1.165, 1.54) is 0 Å². The van der Waals surface area contributed by atoms with Crippen molar-refractivity contribution in [2.24, 2.45) is 4.99 Å². The van der Waals surface area contributed by atoms with Crippen molar-refractivity contribution in [1.82, 2.24) is 26.1 Å². The predicted octanol–water partition coefficient (Wildman–Crippen LogP) is 3.13. The van der Waals surface area contributed by atoms with Crippen molar-refractivity contribution in [1.29, 1.82) is 0 Å². The zero-order valence-corrected chi connectivity index (χ0v) is 19.2. The Labute approximate surface area is 179 Å². The van der Waals surface area contributed by atoms with E-state index in [9.17, 15) is 4.79 Å². The standard InChI is InChI=1S/C21H38N6O3/c1-7-22-19(23-13-12-17-26-18(14(2)3)27-30-17)24-15-8-10-16(11-9-15)25-20(28)29-21(4,5)6/h14-16H,7-13H2,1-6H3,(H,25,28)(H2,22,23,24). The Morgan fingerprint density at radius 1 is 1.20 bits per heavy atom. The van der Waals surface area contributed by atoms with Crippen LogP contribution in [0, 0.1) is 0 Å². The van der Waals surface area contributed by atoms with Crippen molar-refractivity contribution in [2.75, 3.05) is 13.1 Å². The molecule has 0 atom stereocenters. The van der Waals surface area contributed by atoms with Crippen LogP contribution in [0.3, 0.4) is 0 Å². The van der Waals surface area contributed by atoms with Crippen molar-refractivity contribution in [3.63, 3.8) is 0 Å². The minimum absolute atomic E-state index is 0.158. The molecule has 3 N–H and O–H groups in total. The Kier molecular flexibility index (Phi) is 8.92. The maximum atomic E-state index is 11.9. The Morgan fingerprint density at radius 2 is 1.83 bits per heavy atom. The zero-order valence-electron chi connectivity index (χ0n) is 19.2. The van der Waals surface area contributed by atoms with Gasteiger partial charge in [0.2, 0.25) is 5.89 Å². The molecular weight excluding hydrogens is 384 g/mol. The predicted molar refractivity (Wildman–Crippen MR) is 117 cm³/mol. The highest BCUT2D eigenvalue weighted by Gasteiger charge is 2.25. The van der Waals surface area contributed by atoms with Gasteiger partial charge in [-0.2, -0.15) is 4.98 Å². The quantitative estimate of drug-likeness (QED) is 0.457. The van der Waals surface area contributed by atoms with E-state index < -0.39 is 5.60 Å². The molecule has 2 rings (SSSR count). The molecular formula is C21H38N6O3. The first kappa shape index (κ1) is 24.0. The summed E-state index contributed by atoms with van der Waals surface area (Å²) in [6.07, 6.45) is 4.03. The van der Waals surface area contributed by atoms with Crippen molar-refractivity contribution < 1.29 is 14.1 Å². The van der Waals surface area contributed by atoms with Crippen molar-refractivity contribution in [3.05, 3.63) is 11.7 Å². The van der Waals surface area contributed by atoms with E-state index in [0.717, 1.165) is 44.0 Å². The number of aromatic nitrogens is 2. The number of ether oxygens (including phenoxy) is 1. The van der Waals surface area contributed by atoms with Crippen LogP contribution in [0.5, 0.6) is 0 Å². The number of amides is 1. The van der Waals surface area contributed by atoms with Gasteiger partial charge in [-0.05, 0) is 53.4 Å². The van der Waals surface area contributed by atoms with E-state index in [1.807, 2.05) is 41.5 Å². The fourth-order valence-corrected chi connectivity index (χ4v) is 3.24. The summed E-state index contributed by atoms with van der Waals surface area (Å²) in [5.41, 5.74) is -0.475. The van der Waals surface area contributed by atoms with Gasteiger partial charge < -0.3 is 25.2 Å². The van der Waals surface area contributed by atoms with Gasteiger partial charge in [0, 0.05) is 31.0 Å². The molecule has 0 radical (unpaired) electrons. The smallest absolute Gasteiger partial charge is 0.407 e. The summed E-state index contributed by atoms with van der Waals surface area (Å²) < 4.78 is 10.6. The number of alkyl carbamates (subject to hydrolysis) is 1. The molecule has 170 valence electrons. The molecule has 1 amide bonds. The molecule has 1 fully saturated rings. The third kappa shape index (κ3) is 8.59. The fraction of sp³-hybridized carbons (Fsp3) is 0.810. The number of hydrogen-bond acceptors (Lipinski definition) is 6. The van der Waals surface area contributed by atoms with Crippen LogP contribution in [0.25, 0.3) is 0 Å². The first-order valence-corrected chi connectivity index (χ1v) is 11.0. The number of aliphatic imine (C=N–C) groups is 1. The second-order valence-corrected chi connectivity index (χ2v) is 9.05. The van der Waals surface area contributed by atoms with Crippen LogP contribution in [0.15, 0.2) is 9.52 Å². The Morgan fingerprint density at radius 3 is 2.37 bits per heavy atom. The molecule has 0 aliphatic heterocycles. The van der Waals surface area contributed by atoms with Crippen LogP contribution in [0.1, 0.15) is 84.9 Å². The molecule has 9 nitrogen and oxygen atoms in total. The monoisotopic (exact) mass is 422 g/mol. The molecule has 1 aliphatic rings. The van der Waals surface area contributed by atoms with Gasteiger partial charge in [-0.25, -0.2) is 4.79 Å². The van der Waals surface area contributed by atoms with Crippen LogP contribution < -0.4 is 16.0 Å². The highest BCUT2D eigenvalue weighted by atomic mass is 16.6. The normalized spacial score (nSPS) is 20.2. The zero-order chi connectivity index (χ0) is 22.1. The van der Waals surface area contributed by atoms with Crippen LogP contribution in [0.2, 0.25) is 0 Å². The third-order valence-corrected chi connectivity index (χ3v) is 4.73. The number of nitrogens with one attached hydrogen (secondary N) is 3. The molecule has 30 heavy (non-hydrogen) atoms. The van der Waals surface area contributed by atoms with Crippen LogP contribution in [-0.4, -0.2) is 53.0 Å². The molecule has 0 unspecified atom stereocenters. The molecule has 0 saturated heterocycles. The van der Waals surface area contributed by atoms with Gasteiger partial charge in [0.15, 0.2) is 11.8 Å². The average Bonchev–Trinajstić information content (AvgIpc) is 3.11. The van der Waals surface area contributed by atoms with Crippen LogP contribution in [0.4, 0.5) is 4.79 Å². The first-order chi connectivity index (χ1) is 14.2. The fourth-order valence-electron chi connectivity index (χ4n) is 3.24. The summed E-state index contributed by atoms with van der Waals surface area (Å²) in [5, 5.41) is 13.8. The van der Waals surface area contributed by atoms with Gasteiger partial charge in [-0.15, -0.1) is 0 Å². The summed E-state index contributed by atoms with van der Waals surface area (Å²) in [6, 6.07) is 0.487. The largest absolute Gasteiger partial charge is 0.444 e. The highest BCUT2D eigenvalue weighted by molar-refractivity contribution is 5.80. The average molecular weight is 423 g/mol. The number of guanidine groups is 1. The van der Waals surface area contributed by atoms with Gasteiger partial charge in [0.25, 0.3) is 0 Å². The van der Waals surface area contributed by atoms with Gasteiger partial charge in [-0.1, -0.05) is 19.0 Å². The molecule has 0 aromatic carbocycles. The SMILES string of the molecule is CCNC(=NCCc1nc(C(C)C)no1)NC1CCC(NC(=O)OC(C)(C)C)CC1. The maximum absolute atomic E-state index is 11.9. The van der Waals surface area contributed by atoms with Crippen molar-refractivity contribution >= 4 is 12.1 Å². The molecule has 1 aromatic rings. The number of carbonyl (C=O) groups is 1. The lowest BCUT2D eigenvalue weighted by atomic mass is 9.91. The Hall–Kier alpha value is -2.32. The van der Waals surface area contributed by atoms with Gasteiger partial charge in [0.05, 0.1) is 6.54 Å². The summed E-state index contributed by atoms with van der Waals surface area (Å²) in [6.45, 7) is 13.1. The summed E-state index contributed by atoms with van der Waals surface area (Å²) in [7, 11) is 0. The number of carbonyl (C=O) groups excluding carboxylic acids is 1. The lowest BCUT2D eigenvalue weighted by Gasteiger charge is -2.31. The topological polar surface area (TPSA) is 114 Å². The van der Waals surface area contributed by atoms with E-state index in [-0.39, 0.29) is 18.1 Å². The van der Waals surface area contributed by atoms with E-state index >= 15 is 0 Å². The second kappa shape index (κ2) is 11.2. The summed E-state index contributed by atoms with van der Waals surface area (Å²) >= 11 is 0. The van der Waals surface area contributed by atoms with E-state index in [0.29, 0.717) is 24.9 Å². The van der Waals surface area contributed by atoms with Crippen molar-refractivity contribution in [3.8, 4) is 0 Å². The molecule has 1 saturated carbocycles. The van der Waals surface area contributed by atoms with Gasteiger partial charge in [-0.3, -0.25) is 4.99 Å². The van der Waals surface area contributed by atoms with E-state index in [1.54, 1.807) is 0 Å². The third-order valence-electron chi connectivity index (χ3n) is 4.73. The summed E-state index contributed by atoms with van der Waals surface area (Å²) in [4.78, 5) is 21.0. The van der Waals surface area contributed by atoms with E-state index in [2.05, 4.69) is 31.1 Å². The second-order valence-electron chi connectivity index (χ2n) is 9.05. The molecule has 1 aliphatic carbocycles. The maximum Gasteiger partial charge on any atom is 0.407 e. The molecule has 0 spiro atoms. The van der Waals surface area contributed by atoms with Gasteiger partial charge >= 0.3 is 6.09 Å². The molecule has 1 aromatic heterocycles. The minimum Gasteiger partial charge on any atom is -0.444 e. The molecule has 9 heteroatoms. The van der Waals surface area contributed by atoms with Crippen LogP contribution in [-0.2, 0) is 11.2 Å². The van der Waals surface area contributed by atoms with Crippen LogP contribution >= 0.6 is 0 Å². The summed E-state index contributed by atoms with van der Waals surface area (Å²) in [5.74, 6) is 2.40. The Balaban J connectivity index is 1.77. The molecule has 0 bridgehead atoms. The Bertz CT molecular complexity index is 687. The first-order valence-electron chi connectivity index (χ1n) is 11.0. The van der Waals surface area contributed by atoms with Crippen molar-refractivity contribution in [2.45, 2.75) is 97.2 Å². The highest BCUT2D eigenvalue weighted by Crippen LogP contribution is 2.19. The van der Waals surface area contributed by atoms with E-state index in [4.69, 9.17) is 9.26 Å².